The molecule has 0 amide bonds. The number of nitrogens with zero attached hydrogens (tertiary/aromatic N) is 3. The van der Waals surface area contributed by atoms with Crippen LogP contribution in [0.15, 0.2) is 24.5 Å². The van der Waals surface area contributed by atoms with E-state index in [9.17, 15) is 0 Å². The topological polar surface area (TPSA) is 42.2 Å². The van der Waals surface area contributed by atoms with Crippen LogP contribution in [0.2, 0.25) is 0 Å². The molecule has 0 saturated carbocycles. The van der Waals surface area contributed by atoms with Crippen LogP contribution in [0, 0.1) is 0 Å². The van der Waals surface area contributed by atoms with Crippen LogP contribution in [0.25, 0.3) is 5.65 Å². The minimum absolute atomic E-state index is 0.0485. The average molecular weight is 239 g/mol. The van der Waals surface area contributed by atoms with Gasteiger partial charge in [0, 0.05) is 23.7 Å². The van der Waals surface area contributed by atoms with E-state index in [0.29, 0.717) is 5.88 Å². The number of halogens is 1. The maximum absolute atomic E-state index is 5.76. The molecule has 16 heavy (non-hydrogen) atoms. The van der Waals surface area contributed by atoms with Crippen molar-refractivity contribution in [2.45, 2.75) is 25.8 Å². The molecule has 0 spiro atoms. The molecule has 0 aromatic carbocycles. The highest BCUT2D eigenvalue weighted by molar-refractivity contribution is 6.17. The highest BCUT2D eigenvalue weighted by Crippen LogP contribution is 2.17. The zero-order valence-corrected chi connectivity index (χ0v) is 10.2. The van der Waals surface area contributed by atoms with Crippen LogP contribution in [0.3, 0.4) is 0 Å². The van der Waals surface area contributed by atoms with Crippen LogP contribution in [0.1, 0.15) is 20.3 Å². The molecule has 0 atom stereocenters. The predicted octanol–water partition coefficient (Wildman–Crippen LogP) is 2.55. The fraction of sp³-hybridized carbons (Fsp3) is 0.455. The number of nitrogens with one attached hydrogen (secondary N) is 1. The molecule has 0 saturated heterocycles. The Labute approximate surface area is 99.6 Å². The van der Waals surface area contributed by atoms with E-state index in [0.717, 1.165) is 17.9 Å². The second-order valence-electron chi connectivity index (χ2n) is 4.39. The average Bonchev–Trinajstić information content (AvgIpc) is 2.63. The molecule has 0 fully saturated rings. The second-order valence-corrected chi connectivity index (χ2v) is 4.77. The molecule has 0 unspecified atom stereocenters. The fourth-order valence-electron chi connectivity index (χ4n) is 1.53. The lowest BCUT2D eigenvalue weighted by Gasteiger charge is -2.25. The third-order valence-corrected chi connectivity index (χ3v) is 2.63. The highest BCUT2D eigenvalue weighted by Gasteiger charge is 2.17. The van der Waals surface area contributed by atoms with Crippen LogP contribution >= 0.6 is 11.6 Å². The molecule has 0 aliphatic rings. The largest absolute Gasteiger partial charge is 0.365 e. The van der Waals surface area contributed by atoms with Crippen molar-refractivity contribution in [1.29, 1.82) is 0 Å². The molecule has 0 bridgehead atoms. The summed E-state index contributed by atoms with van der Waals surface area (Å²) in [6, 6.07) is 3.79. The maximum atomic E-state index is 5.76. The number of alkyl halides is 1. The van der Waals surface area contributed by atoms with Gasteiger partial charge in [-0.05, 0) is 26.3 Å². The Balaban J connectivity index is 2.20. The van der Waals surface area contributed by atoms with E-state index in [2.05, 4.69) is 29.2 Å². The van der Waals surface area contributed by atoms with Crippen LogP contribution in [0.5, 0.6) is 0 Å². The molecule has 0 radical (unpaired) electrons. The lowest BCUT2D eigenvalue weighted by atomic mass is 10.0. The molecule has 86 valence electrons. The van der Waals surface area contributed by atoms with E-state index in [1.54, 1.807) is 10.7 Å². The van der Waals surface area contributed by atoms with E-state index in [4.69, 9.17) is 11.6 Å². The molecule has 1 N–H and O–H groups in total. The molecule has 4 nitrogen and oxygen atoms in total. The van der Waals surface area contributed by atoms with E-state index in [-0.39, 0.29) is 5.54 Å². The van der Waals surface area contributed by atoms with Gasteiger partial charge < -0.3 is 5.32 Å². The summed E-state index contributed by atoms with van der Waals surface area (Å²) in [6.07, 6.45) is 4.51. The van der Waals surface area contributed by atoms with Crippen LogP contribution in [-0.2, 0) is 0 Å². The number of hydrogen-bond acceptors (Lipinski definition) is 3. The molecular formula is C11H15ClN4. The van der Waals surface area contributed by atoms with Gasteiger partial charge in [0.05, 0.1) is 6.20 Å². The van der Waals surface area contributed by atoms with Crippen molar-refractivity contribution in [3.8, 4) is 0 Å². The number of fused-ring (bicyclic) bond motifs is 1. The summed E-state index contributed by atoms with van der Waals surface area (Å²) in [6.45, 7) is 4.22. The van der Waals surface area contributed by atoms with E-state index in [1.165, 1.54) is 0 Å². The van der Waals surface area contributed by atoms with Crippen molar-refractivity contribution < 1.29 is 0 Å². The minimum atomic E-state index is -0.0485. The minimum Gasteiger partial charge on any atom is -0.365 e. The standard InChI is InChI=1S/C11H15ClN4/c1-11(2,5-6-12)15-9-4-8-16-10(14-9)3-7-13-16/h3-4,7-8H,5-6H2,1-2H3,(H,14,15). The number of rotatable bonds is 4. The molecule has 2 aromatic rings. The van der Waals surface area contributed by atoms with Crippen LogP contribution < -0.4 is 5.32 Å². The quantitative estimate of drug-likeness (QED) is 0.833. The lowest BCUT2D eigenvalue weighted by Crippen LogP contribution is -2.31. The molecule has 2 aromatic heterocycles. The lowest BCUT2D eigenvalue weighted by molar-refractivity contribution is 0.548. The molecule has 2 heterocycles. The third-order valence-electron chi connectivity index (χ3n) is 2.44. The summed E-state index contributed by atoms with van der Waals surface area (Å²) >= 11 is 5.76. The van der Waals surface area contributed by atoms with Gasteiger partial charge in [-0.25, -0.2) is 9.50 Å². The van der Waals surface area contributed by atoms with Crippen molar-refractivity contribution in [3.63, 3.8) is 0 Å². The summed E-state index contributed by atoms with van der Waals surface area (Å²) in [5, 5.41) is 7.46. The molecule has 0 aliphatic heterocycles. The Morgan fingerprint density at radius 3 is 3.00 bits per heavy atom. The smallest absolute Gasteiger partial charge is 0.157 e. The van der Waals surface area contributed by atoms with Crippen molar-refractivity contribution in [2.24, 2.45) is 0 Å². The van der Waals surface area contributed by atoms with Gasteiger partial charge in [0.2, 0.25) is 0 Å². The molecule has 0 aliphatic carbocycles. The first-order valence-electron chi connectivity index (χ1n) is 5.25. The summed E-state index contributed by atoms with van der Waals surface area (Å²) in [4.78, 5) is 4.45. The summed E-state index contributed by atoms with van der Waals surface area (Å²) in [5.41, 5.74) is 0.791. The number of hydrogen-bond donors (Lipinski definition) is 1. The Morgan fingerprint density at radius 2 is 2.25 bits per heavy atom. The first-order chi connectivity index (χ1) is 7.61. The van der Waals surface area contributed by atoms with Crippen molar-refractivity contribution in [3.05, 3.63) is 24.5 Å². The van der Waals surface area contributed by atoms with Gasteiger partial charge in [0.15, 0.2) is 5.65 Å². The van der Waals surface area contributed by atoms with E-state index in [1.807, 2.05) is 18.3 Å². The first kappa shape index (κ1) is 11.2. The van der Waals surface area contributed by atoms with Crippen molar-refractivity contribution in [2.75, 3.05) is 11.2 Å². The highest BCUT2D eigenvalue weighted by atomic mass is 35.5. The molecule has 5 heteroatoms. The third kappa shape index (κ3) is 2.44. The van der Waals surface area contributed by atoms with Gasteiger partial charge >= 0.3 is 0 Å². The zero-order valence-electron chi connectivity index (χ0n) is 9.44. The zero-order chi connectivity index (χ0) is 11.6. The molecule has 2 rings (SSSR count). The summed E-state index contributed by atoms with van der Waals surface area (Å²) in [7, 11) is 0. The van der Waals surface area contributed by atoms with Gasteiger partial charge in [-0.15, -0.1) is 11.6 Å². The Bertz CT molecular complexity index is 478. The van der Waals surface area contributed by atoms with Gasteiger partial charge in [-0.3, -0.25) is 0 Å². The summed E-state index contributed by atoms with van der Waals surface area (Å²) in [5.74, 6) is 1.48. The monoisotopic (exact) mass is 238 g/mol. The van der Waals surface area contributed by atoms with Crippen molar-refractivity contribution in [1.82, 2.24) is 14.6 Å². The maximum Gasteiger partial charge on any atom is 0.157 e. The predicted molar refractivity (Wildman–Crippen MR) is 66.0 cm³/mol. The Hall–Kier alpha value is -1.29. The van der Waals surface area contributed by atoms with Gasteiger partial charge in [-0.2, -0.15) is 5.10 Å². The summed E-state index contributed by atoms with van der Waals surface area (Å²) < 4.78 is 1.74. The second kappa shape index (κ2) is 4.29. The normalized spacial score (nSPS) is 11.9. The number of anilines is 1. The van der Waals surface area contributed by atoms with Crippen LogP contribution in [-0.4, -0.2) is 26.0 Å². The fourth-order valence-corrected chi connectivity index (χ4v) is 2.00. The number of aromatic nitrogens is 3. The molecular weight excluding hydrogens is 224 g/mol. The van der Waals surface area contributed by atoms with E-state index >= 15 is 0 Å². The Kier molecular flexibility index (Phi) is 3.01. The van der Waals surface area contributed by atoms with E-state index < -0.39 is 0 Å². The van der Waals surface area contributed by atoms with Gasteiger partial charge in [-0.1, -0.05) is 0 Å². The first-order valence-corrected chi connectivity index (χ1v) is 5.79. The Morgan fingerprint density at radius 1 is 1.44 bits per heavy atom. The van der Waals surface area contributed by atoms with Gasteiger partial charge in [0.25, 0.3) is 0 Å². The van der Waals surface area contributed by atoms with Crippen LogP contribution in [0.4, 0.5) is 5.82 Å². The SMILES string of the molecule is CC(C)(CCCl)Nc1ccn2nccc2n1. The van der Waals surface area contributed by atoms with Crippen molar-refractivity contribution >= 4 is 23.1 Å². The van der Waals surface area contributed by atoms with Gasteiger partial charge in [0.1, 0.15) is 5.82 Å².